The van der Waals surface area contributed by atoms with Crippen LogP contribution in [0.2, 0.25) is 0 Å². The molecule has 1 aromatic heterocycles. The molecule has 0 saturated carbocycles. The van der Waals surface area contributed by atoms with Gasteiger partial charge in [-0.15, -0.1) is 0 Å². The molecule has 2 N–H and O–H groups in total. The van der Waals surface area contributed by atoms with Gasteiger partial charge in [-0.25, -0.2) is 0 Å². The average molecular weight is 240 g/mol. The van der Waals surface area contributed by atoms with E-state index in [1.54, 1.807) is 0 Å². The van der Waals surface area contributed by atoms with E-state index in [4.69, 9.17) is 5.73 Å². The van der Waals surface area contributed by atoms with Crippen LogP contribution in [0.4, 0.5) is 0 Å². The van der Waals surface area contributed by atoms with Crippen LogP contribution in [0.15, 0.2) is 42.6 Å². The third-order valence-electron chi connectivity index (χ3n) is 3.15. The lowest BCUT2D eigenvalue weighted by Gasteiger charge is -2.15. The fourth-order valence-corrected chi connectivity index (χ4v) is 2.40. The first kappa shape index (κ1) is 12.8. The maximum absolute atomic E-state index is 5.89. The Hall–Kier alpha value is -1.67. The van der Waals surface area contributed by atoms with E-state index in [1.165, 1.54) is 16.7 Å². The zero-order chi connectivity index (χ0) is 13.0. The van der Waals surface area contributed by atoms with E-state index < -0.39 is 0 Å². The summed E-state index contributed by atoms with van der Waals surface area (Å²) in [6.45, 7) is 4.90. The number of hydrogen-bond acceptors (Lipinski definition) is 2. The third kappa shape index (κ3) is 3.17. The summed E-state index contributed by atoms with van der Waals surface area (Å²) in [4.78, 5) is 4.41. The van der Waals surface area contributed by atoms with Gasteiger partial charge >= 0.3 is 0 Å². The summed E-state index contributed by atoms with van der Waals surface area (Å²) >= 11 is 0. The van der Waals surface area contributed by atoms with Crippen LogP contribution in [0, 0.1) is 13.8 Å². The van der Waals surface area contributed by atoms with Crippen molar-refractivity contribution in [1.29, 1.82) is 0 Å². The van der Waals surface area contributed by atoms with Crippen LogP contribution in [-0.4, -0.2) is 11.5 Å². The van der Waals surface area contributed by atoms with Crippen LogP contribution in [0.5, 0.6) is 0 Å². The Labute approximate surface area is 109 Å². The van der Waals surface area contributed by atoms with Gasteiger partial charge in [-0.3, -0.25) is 4.98 Å². The minimum Gasteiger partial charge on any atom is -0.330 e. The highest BCUT2D eigenvalue weighted by atomic mass is 14.7. The summed E-state index contributed by atoms with van der Waals surface area (Å²) in [6, 6.07) is 12.7. The van der Waals surface area contributed by atoms with Crippen LogP contribution < -0.4 is 5.73 Å². The Kier molecular flexibility index (Phi) is 4.11. The van der Waals surface area contributed by atoms with E-state index in [9.17, 15) is 0 Å². The molecule has 0 aliphatic heterocycles. The summed E-state index contributed by atoms with van der Waals surface area (Å²) < 4.78 is 0. The van der Waals surface area contributed by atoms with Crippen molar-refractivity contribution in [2.75, 3.05) is 6.54 Å². The zero-order valence-electron chi connectivity index (χ0n) is 11.1. The number of aryl methyl sites for hydroxylation is 2. The molecule has 1 atom stereocenters. The van der Waals surface area contributed by atoms with Gasteiger partial charge < -0.3 is 5.73 Å². The molecular formula is C16H20N2. The monoisotopic (exact) mass is 240 g/mol. The number of pyridine rings is 1. The van der Waals surface area contributed by atoms with Crippen molar-refractivity contribution >= 4 is 0 Å². The quantitative estimate of drug-likeness (QED) is 0.892. The van der Waals surface area contributed by atoms with E-state index in [2.05, 4.69) is 43.1 Å². The molecule has 1 heterocycles. The smallest absolute Gasteiger partial charge is 0.0450 e. The molecule has 0 amide bonds. The topological polar surface area (TPSA) is 38.9 Å². The number of nitrogens with zero attached hydrogens (tertiary/aromatic N) is 1. The highest BCUT2D eigenvalue weighted by Crippen LogP contribution is 2.19. The minimum atomic E-state index is 0.299. The van der Waals surface area contributed by atoms with Crippen LogP contribution >= 0.6 is 0 Å². The van der Waals surface area contributed by atoms with Crippen molar-refractivity contribution < 1.29 is 0 Å². The van der Waals surface area contributed by atoms with Crippen molar-refractivity contribution in [2.45, 2.75) is 26.2 Å². The molecule has 0 fully saturated rings. The third-order valence-corrected chi connectivity index (χ3v) is 3.15. The lowest BCUT2D eigenvalue weighted by molar-refractivity contribution is 0.672. The maximum Gasteiger partial charge on any atom is 0.0450 e. The molecular weight excluding hydrogens is 220 g/mol. The van der Waals surface area contributed by atoms with Crippen molar-refractivity contribution in [1.82, 2.24) is 4.98 Å². The fourth-order valence-electron chi connectivity index (χ4n) is 2.40. The molecule has 0 aliphatic rings. The SMILES string of the molecule is Cc1cc(C)cc(CC(CN)c2ccccn2)c1. The highest BCUT2D eigenvalue weighted by molar-refractivity contribution is 5.30. The van der Waals surface area contributed by atoms with Crippen LogP contribution in [0.3, 0.4) is 0 Å². The maximum atomic E-state index is 5.89. The molecule has 0 saturated heterocycles. The lowest BCUT2D eigenvalue weighted by atomic mass is 9.94. The summed E-state index contributed by atoms with van der Waals surface area (Å²) in [6.07, 6.45) is 2.79. The van der Waals surface area contributed by atoms with Crippen molar-refractivity contribution in [2.24, 2.45) is 5.73 Å². The van der Waals surface area contributed by atoms with Crippen molar-refractivity contribution in [3.63, 3.8) is 0 Å². The van der Waals surface area contributed by atoms with Crippen molar-refractivity contribution in [3.8, 4) is 0 Å². The zero-order valence-corrected chi connectivity index (χ0v) is 11.1. The Bertz CT molecular complexity index is 486. The number of nitrogens with two attached hydrogens (primary N) is 1. The van der Waals surface area contributed by atoms with Crippen LogP contribution in [0.1, 0.15) is 28.3 Å². The molecule has 0 radical (unpaired) electrons. The molecule has 0 spiro atoms. The molecule has 1 aromatic carbocycles. The summed E-state index contributed by atoms with van der Waals surface area (Å²) in [7, 11) is 0. The molecule has 0 aliphatic carbocycles. The lowest BCUT2D eigenvalue weighted by Crippen LogP contribution is -2.16. The Morgan fingerprint density at radius 3 is 2.39 bits per heavy atom. The van der Waals surface area contributed by atoms with Gasteiger partial charge in [0, 0.05) is 24.4 Å². The molecule has 2 nitrogen and oxygen atoms in total. The van der Waals surface area contributed by atoms with Gasteiger partial charge in [0.1, 0.15) is 0 Å². The van der Waals surface area contributed by atoms with E-state index in [-0.39, 0.29) is 0 Å². The van der Waals surface area contributed by atoms with E-state index in [0.29, 0.717) is 12.5 Å². The molecule has 2 heteroatoms. The van der Waals surface area contributed by atoms with Gasteiger partial charge in [-0.1, -0.05) is 35.4 Å². The average Bonchev–Trinajstić information content (AvgIpc) is 2.36. The second-order valence-electron chi connectivity index (χ2n) is 4.89. The largest absolute Gasteiger partial charge is 0.330 e. The van der Waals surface area contributed by atoms with Gasteiger partial charge in [0.2, 0.25) is 0 Å². The first-order valence-electron chi connectivity index (χ1n) is 6.37. The molecule has 1 unspecified atom stereocenters. The predicted octanol–water partition coefficient (Wildman–Crippen LogP) is 2.98. The number of hydrogen-bond donors (Lipinski definition) is 1. The summed E-state index contributed by atoms with van der Waals surface area (Å²) in [5.74, 6) is 0.299. The Morgan fingerprint density at radius 2 is 1.83 bits per heavy atom. The van der Waals surface area contributed by atoms with Gasteiger partial charge in [-0.2, -0.15) is 0 Å². The van der Waals surface area contributed by atoms with Gasteiger partial charge in [0.25, 0.3) is 0 Å². The van der Waals surface area contributed by atoms with Gasteiger partial charge in [0.15, 0.2) is 0 Å². The van der Waals surface area contributed by atoms with E-state index in [0.717, 1.165) is 12.1 Å². The first-order valence-corrected chi connectivity index (χ1v) is 6.37. The molecule has 0 bridgehead atoms. The standard InChI is InChI=1S/C16H20N2/c1-12-7-13(2)9-14(8-12)10-15(11-17)16-5-3-4-6-18-16/h3-9,15H,10-11,17H2,1-2H3. The van der Waals surface area contributed by atoms with Gasteiger partial charge in [-0.05, 0) is 38.0 Å². The summed E-state index contributed by atoms with van der Waals surface area (Å²) in [5.41, 5.74) is 10.9. The highest BCUT2D eigenvalue weighted by Gasteiger charge is 2.11. The number of benzene rings is 1. The minimum absolute atomic E-state index is 0.299. The van der Waals surface area contributed by atoms with E-state index in [1.807, 2.05) is 18.3 Å². The molecule has 2 aromatic rings. The molecule has 2 rings (SSSR count). The van der Waals surface area contributed by atoms with E-state index >= 15 is 0 Å². The molecule has 94 valence electrons. The van der Waals surface area contributed by atoms with Crippen LogP contribution in [0.25, 0.3) is 0 Å². The Morgan fingerprint density at radius 1 is 1.11 bits per heavy atom. The van der Waals surface area contributed by atoms with Gasteiger partial charge in [0.05, 0.1) is 0 Å². The fraction of sp³-hybridized carbons (Fsp3) is 0.312. The summed E-state index contributed by atoms with van der Waals surface area (Å²) in [5, 5.41) is 0. The normalized spacial score (nSPS) is 12.4. The first-order chi connectivity index (χ1) is 8.69. The second kappa shape index (κ2) is 5.78. The molecule has 18 heavy (non-hydrogen) atoms. The Balaban J connectivity index is 2.20. The second-order valence-corrected chi connectivity index (χ2v) is 4.89. The van der Waals surface area contributed by atoms with Crippen molar-refractivity contribution in [3.05, 3.63) is 65.0 Å². The number of rotatable bonds is 4. The number of aromatic nitrogens is 1. The predicted molar refractivity (Wildman–Crippen MR) is 75.7 cm³/mol. The van der Waals surface area contributed by atoms with Crippen LogP contribution in [-0.2, 0) is 6.42 Å².